The van der Waals surface area contributed by atoms with Crippen molar-refractivity contribution in [3.8, 4) is 0 Å². The molecule has 0 aromatic heterocycles. The van der Waals surface area contributed by atoms with Crippen molar-refractivity contribution in [2.75, 3.05) is 0 Å². The molecule has 1 saturated carbocycles. The van der Waals surface area contributed by atoms with Gasteiger partial charge in [0.2, 0.25) is 0 Å². The molecule has 2 unspecified atom stereocenters. The Hall–Kier alpha value is -0.123. The summed E-state index contributed by atoms with van der Waals surface area (Å²) in [5.74, 6) is 0.664. The number of allylic oxidation sites excluding steroid dienone is 1. The minimum absolute atomic E-state index is 0.0729. The van der Waals surface area contributed by atoms with Gasteiger partial charge >= 0.3 is 0 Å². The van der Waals surface area contributed by atoms with Crippen LogP contribution in [-0.4, -0.2) is 24.8 Å². The van der Waals surface area contributed by atoms with Gasteiger partial charge in [-0.15, -0.1) is 0 Å². The third-order valence-corrected chi connectivity index (χ3v) is 9.41. The van der Waals surface area contributed by atoms with Gasteiger partial charge in [-0.05, 0) is 63.1 Å². The first-order valence-corrected chi connectivity index (χ1v) is 10.6. The van der Waals surface area contributed by atoms with Gasteiger partial charge < -0.3 is 9.53 Å². The summed E-state index contributed by atoms with van der Waals surface area (Å²) in [6, 6.07) is 0. The molecule has 2 fully saturated rings. The second kappa shape index (κ2) is 4.71. The van der Waals surface area contributed by atoms with Crippen molar-refractivity contribution in [3.05, 3.63) is 12.2 Å². The van der Waals surface area contributed by atoms with Crippen LogP contribution in [0.4, 0.5) is 0 Å². The number of hydrogen-bond donors (Lipinski definition) is 1. The predicted octanol–water partition coefficient (Wildman–Crippen LogP) is 4.26. The molecule has 2 nitrogen and oxygen atoms in total. The summed E-state index contributed by atoms with van der Waals surface area (Å²) in [6.07, 6.45) is 6.23. The maximum atomic E-state index is 10.4. The molecule has 0 bridgehead atoms. The fourth-order valence-electron chi connectivity index (χ4n) is 3.15. The van der Waals surface area contributed by atoms with Gasteiger partial charge in [-0.1, -0.05) is 26.0 Å². The molecule has 0 spiro atoms. The SMILES string of the molecule is C=C(C)[C@H]1CCC2(CCC(C)(C)[Si](C)(C)O)OC2C1. The van der Waals surface area contributed by atoms with Gasteiger partial charge in [0.15, 0.2) is 8.32 Å². The van der Waals surface area contributed by atoms with E-state index < -0.39 is 8.32 Å². The van der Waals surface area contributed by atoms with Crippen molar-refractivity contribution in [2.24, 2.45) is 5.92 Å². The Morgan fingerprint density at radius 3 is 2.58 bits per heavy atom. The van der Waals surface area contributed by atoms with Crippen molar-refractivity contribution in [2.45, 2.75) is 82.7 Å². The van der Waals surface area contributed by atoms with E-state index in [-0.39, 0.29) is 10.6 Å². The molecular weight excluding hydrogens is 252 g/mol. The van der Waals surface area contributed by atoms with Crippen molar-refractivity contribution in [1.82, 2.24) is 0 Å². The van der Waals surface area contributed by atoms with E-state index in [1.807, 2.05) is 13.1 Å². The molecule has 1 N–H and O–H groups in total. The highest BCUT2D eigenvalue weighted by atomic mass is 28.4. The van der Waals surface area contributed by atoms with Crippen molar-refractivity contribution >= 4 is 8.32 Å². The Labute approximate surface area is 119 Å². The van der Waals surface area contributed by atoms with Gasteiger partial charge in [-0.3, -0.25) is 0 Å². The molecule has 2 aliphatic rings. The third kappa shape index (κ3) is 2.98. The molecule has 0 amide bonds. The third-order valence-electron chi connectivity index (χ3n) is 5.85. The maximum absolute atomic E-state index is 10.4. The molecule has 1 aliphatic heterocycles. The van der Waals surface area contributed by atoms with Crippen LogP contribution >= 0.6 is 0 Å². The lowest BCUT2D eigenvalue weighted by Crippen LogP contribution is -2.40. The highest BCUT2D eigenvalue weighted by Gasteiger charge is 2.59. The number of rotatable bonds is 5. The lowest BCUT2D eigenvalue weighted by atomic mass is 9.77. The van der Waals surface area contributed by atoms with Crippen LogP contribution < -0.4 is 0 Å². The molecule has 1 saturated heterocycles. The van der Waals surface area contributed by atoms with E-state index in [1.165, 1.54) is 18.4 Å². The highest BCUT2D eigenvalue weighted by molar-refractivity contribution is 6.72. The summed E-state index contributed by atoms with van der Waals surface area (Å²) in [4.78, 5) is 10.4. The van der Waals surface area contributed by atoms with Crippen molar-refractivity contribution in [1.29, 1.82) is 0 Å². The lowest BCUT2D eigenvalue weighted by Gasteiger charge is -2.36. The normalized spacial score (nSPS) is 34.8. The maximum Gasteiger partial charge on any atom is 0.188 e. The van der Waals surface area contributed by atoms with Gasteiger partial charge in [0.05, 0.1) is 11.7 Å². The largest absolute Gasteiger partial charge is 0.432 e. The van der Waals surface area contributed by atoms with E-state index in [4.69, 9.17) is 4.74 Å². The minimum atomic E-state index is -2.08. The number of hydrogen-bond acceptors (Lipinski definition) is 2. The summed E-state index contributed by atoms with van der Waals surface area (Å²) in [5, 5.41) is 0.0729. The molecule has 0 radical (unpaired) electrons. The highest BCUT2D eigenvalue weighted by Crippen LogP contribution is 2.55. The molecule has 0 aromatic rings. The average Bonchev–Trinajstić information content (AvgIpc) is 2.98. The zero-order valence-electron chi connectivity index (χ0n) is 13.3. The Kier molecular flexibility index (Phi) is 3.79. The quantitative estimate of drug-likeness (QED) is 0.464. The van der Waals surface area contributed by atoms with E-state index in [0.717, 1.165) is 19.3 Å². The van der Waals surface area contributed by atoms with Gasteiger partial charge in [0, 0.05) is 0 Å². The second-order valence-electron chi connectivity index (χ2n) is 7.93. The van der Waals surface area contributed by atoms with Crippen LogP contribution in [0.15, 0.2) is 12.2 Å². The molecule has 3 heteroatoms. The zero-order chi connectivity index (χ0) is 14.5. The van der Waals surface area contributed by atoms with Crippen LogP contribution in [0.25, 0.3) is 0 Å². The molecule has 1 heterocycles. The summed E-state index contributed by atoms with van der Waals surface area (Å²) in [7, 11) is -2.08. The van der Waals surface area contributed by atoms with Crippen LogP contribution in [0.3, 0.4) is 0 Å². The van der Waals surface area contributed by atoms with Crippen LogP contribution in [-0.2, 0) is 4.74 Å². The first kappa shape index (κ1) is 15.3. The topological polar surface area (TPSA) is 32.8 Å². The second-order valence-corrected chi connectivity index (χ2v) is 12.4. The van der Waals surface area contributed by atoms with Crippen LogP contribution in [0.1, 0.15) is 52.9 Å². The summed E-state index contributed by atoms with van der Waals surface area (Å²) >= 11 is 0. The van der Waals surface area contributed by atoms with Crippen molar-refractivity contribution in [3.63, 3.8) is 0 Å². The monoisotopic (exact) mass is 282 g/mol. The lowest BCUT2D eigenvalue weighted by molar-refractivity contribution is 0.252. The smallest absolute Gasteiger partial charge is 0.188 e. The Morgan fingerprint density at radius 2 is 2.11 bits per heavy atom. The van der Waals surface area contributed by atoms with Gasteiger partial charge in [-0.2, -0.15) is 0 Å². The van der Waals surface area contributed by atoms with Crippen LogP contribution in [0.2, 0.25) is 18.1 Å². The van der Waals surface area contributed by atoms with Crippen molar-refractivity contribution < 1.29 is 9.53 Å². The van der Waals surface area contributed by atoms with Crippen LogP contribution in [0, 0.1) is 5.92 Å². The molecule has 0 aromatic carbocycles. The summed E-state index contributed by atoms with van der Waals surface area (Å²) in [6.45, 7) is 14.8. The summed E-state index contributed by atoms with van der Waals surface area (Å²) < 4.78 is 6.05. The van der Waals surface area contributed by atoms with E-state index in [1.54, 1.807) is 0 Å². The van der Waals surface area contributed by atoms with E-state index >= 15 is 0 Å². The van der Waals surface area contributed by atoms with E-state index in [0.29, 0.717) is 12.0 Å². The molecule has 1 aliphatic carbocycles. The molecule has 2 rings (SSSR count). The Balaban J connectivity index is 1.89. The fourth-order valence-corrected chi connectivity index (χ4v) is 3.89. The van der Waals surface area contributed by atoms with Gasteiger partial charge in [0.25, 0.3) is 0 Å². The molecule has 110 valence electrons. The van der Waals surface area contributed by atoms with Gasteiger partial charge in [0.1, 0.15) is 0 Å². The van der Waals surface area contributed by atoms with Gasteiger partial charge in [-0.25, -0.2) is 0 Å². The zero-order valence-corrected chi connectivity index (χ0v) is 14.3. The predicted molar refractivity (Wildman–Crippen MR) is 82.7 cm³/mol. The number of ether oxygens (including phenoxy) is 1. The molecular formula is C16H30O2Si. The summed E-state index contributed by atoms with van der Waals surface area (Å²) in [5.41, 5.74) is 1.47. The number of epoxide rings is 1. The number of fused-ring (bicyclic) bond motifs is 1. The Morgan fingerprint density at radius 1 is 1.47 bits per heavy atom. The molecule has 3 atom stereocenters. The first-order chi connectivity index (χ1) is 8.57. The Bertz CT molecular complexity index is 369. The fraction of sp³-hybridized carbons (Fsp3) is 0.875. The van der Waals surface area contributed by atoms with E-state index in [9.17, 15) is 4.80 Å². The standard InChI is InChI=1S/C16H30O2Si/c1-12(2)13-7-8-16(14(11-13)18-16)10-9-15(3,4)19(5,6)17/h13-14,17H,1,7-11H2,2-6H3/t13-,14?,16?/m0/s1. The molecule has 19 heavy (non-hydrogen) atoms. The minimum Gasteiger partial charge on any atom is -0.432 e. The van der Waals surface area contributed by atoms with Crippen LogP contribution in [0.5, 0.6) is 0 Å². The van der Waals surface area contributed by atoms with E-state index in [2.05, 4.69) is 27.4 Å². The first-order valence-electron chi connectivity index (χ1n) is 7.63. The average molecular weight is 282 g/mol.